The lowest BCUT2D eigenvalue weighted by Crippen LogP contribution is -2.23. The van der Waals surface area contributed by atoms with Crippen LogP contribution in [0.3, 0.4) is 0 Å². The van der Waals surface area contributed by atoms with Gasteiger partial charge in [-0.2, -0.15) is 4.98 Å². The van der Waals surface area contributed by atoms with Gasteiger partial charge in [0.25, 0.3) is 5.91 Å². The zero-order valence-electron chi connectivity index (χ0n) is 11.8. The number of hydrogen-bond acceptors (Lipinski definition) is 5. The van der Waals surface area contributed by atoms with E-state index in [1.54, 1.807) is 19.1 Å². The van der Waals surface area contributed by atoms with E-state index in [-0.39, 0.29) is 19.1 Å². The van der Waals surface area contributed by atoms with E-state index in [1.807, 2.05) is 13.0 Å². The van der Waals surface area contributed by atoms with Crippen LogP contribution in [0.25, 0.3) is 0 Å². The predicted molar refractivity (Wildman–Crippen MR) is 75.3 cm³/mol. The fourth-order valence-corrected chi connectivity index (χ4v) is 1.71. The second-order valence-corrected chi connectivity index (χ2v) is 4.40. The van der Waals surface area contributed by atoms with Crippen molar-refractivity contribution in [2.45, 2.75) is 20.4 Å². The molecule has 1 aromatic carbocycles. The lowest BCUT2D eigenvalue weighted by Gasteiger charge is -2.05. The van der Waals surface area contributed by atoms with Crippen molar-refractivity contribution in [3.63, 3.8) is 0 Å². The van der Waals surface area contributed by atoms with E-state index < -0.39 is 0 Å². The number of aromatic nitrogens is 2. The van der Waals surface area contributed by atoms with Crippen LogP contribution in [-0.2, 0) is 6.54 Å². The summed E-state index contributed by atoms with van der Waals surface area (Å²) in [5.74, 6) is 6.02. The quantitative estimate of drug-likeness (QED) is 0.820. The van der Waals surface area contributed by atoms with Gasteiger partial charge in [-0.1, -0.05) is 23.1 Å². The maximum absolute atomic E-state index is 12.1. The van der Waals surface area contributed by atoms with Crippen LogP contribution in [0.15, 0.2) is 22.7 Å². The molecule has 0 unspecified atom stereocenters. The highest BCUT2D eigenvalue weighted by molar-refractivity contribution is 5.94. The van der Waals surface area contributed by atoms with Crippen molar-refractivity contribution in [3.05, 3.63) is 46.6 Å². The molecule has 6 heteroatoms. The summed E-state index contributed by atoms with van der Waals surface area (Å²) in [6.07, 6.45) is 0. The van der Waals surface area contributed by atoms with Crippen LogP contribution in [0.1, 0.15) is 33.2 Å². The lowest BCUT2D eigenvalue weighted by atomic mass is 10.0. The van der Waals surface area contributed by atoms with Crippen molar-refractivity contribution in [3.8, 4) is 11.8 Å². The Bertz CT molecular complexity index is 710. The minimum atomic E-state index is -0.246. The van der Waals surface area contributed by atoms with Crippen LogP contribution in [0.4, 0.5) is 0 Å². The average Bonchev–Trinajstić information content (AvgIpc) is 2.89. The number of amides is 1. The Morgan fingerprint density at radius 3 is 2.90 bits per heavy atom. The van der Waals surface area contributed by atoms with Gasteiger partial charge in [0.2, 0.25) is 5.89 Å². The molecule has 0 bridgehead atoms. The fraction of sp³-hybridized carbons (Fsp3) is 0.267. The van der Waals surface area contributed by atoms with Gasteiger partial charge in [0.05, 0.1) is 6.54 Å². The maximum atomic E-state index is 12.1. The Kier molecular flexibility index (Phi) is 4.69. The summed E-state index contributed by atoms with van der Waals surface area (Å²) in [6, 6.07) is 5.22. The van der Waals surface area contributed by atoms with Crippen LogP contribution in [-0.4, -0.2) is 27.8 Å². The molecule has 0 fully saturated rings. The Morgan fingerprint density at radius 1 is 1.43 bits per heavy atom. The molecule has 108 valence electrons. The third-order valence-corrected chi connectivity index (χ3v) is 2.78. The summed E-state index contributed by atoms with van der Waals surface area (Å²) in [7, 11) is 0. The number of rotatable bonds is 3. The Labute approximate surface area is 122 Å². The van der Waals surface area contributed by atoms with E-state index in [4.69, 9.17) is 9.63 Å². The van der Waals surface area contributed by atoms with Crippen molar-refractivity contribution in [1.29, 1.82) is 0 Å². The van der Waals surface area contributed by atoms with Crippen LogP contribution < -0.4 is 5.32 Å². The van der Waals surface area contributed by atoms with E-state index in [0.29, 0.717) is 22.8 Å². The van der Waals surface area contributed by atoms with Crippen molar-refractivity contribution in [1.82, 2.24) is 15.5 Å². The fourth-order valence-electron chi connectivity index (χ4n) is 1.71. The highest BCUT2D eigenvalue weighted by Gasteiger charge is 2.09. The van der Waals surface area contributed by atoms with Gasteiger partial charge in [-0.3, -0.25) is 4.79 Å². The molecule has 0 atom stereocenters. The number of carbonyl (C=O) groups is 1. The summed E-state index contributed by atoms with van der Waals surface area (Å²) >= 11 is 0. The second-order valence-electron chi connectivity index (χ2n) is 4.40. The Morgan fingerprint density at radius 2 is 2.24 bits per heavy atom. The summed E-state index contributed by atoms with van der Waals surface area (Å²) in [5.41, 5.74) is 2.15. The van der Waals surface area contributed by atoms with Gasteiger partial charge in [-0.05, 0) is 24.6 Å². The minimum Gasteiger partial charge on any atom is -0.384 e. The normalized spacial score (nSPS) is 9.86. The molecule has 2 aromatic rings. The molecular weight excluding hydrogens is 270 g/mol. The molecule has 0 saturated carbocycles. The predicted octanol–water partition coefficient (Wildman–Crippen LogP) is 0.960. The SMILES string of the molecule is Cc1nc(CNC(=O)c2ccc(C)c(C#CCO)c2)no1. The van der Waals surface area contributed by atoms with Gasteiger partial charge in [-0.25, -0.2) is 0 Å². The molecule has 21 heavy (non-hydrogen) atoms. The Hall–Kier alpha value is -2.65. The van der Waals surface area contributed by atoms with Crippen LogP contribution >= 0.6 is 0 Å². The summed E-state index contributed by atoms with van der Waals surface area (Å²) < 4.78 is 4.83. The molecule has 2 N–H and O–H groups in total. The third-order valence-electron chi connectivity index (χ3n) is 2.78. The van der Waals surface area contributed by atoms with E-state index >= 15 is 0 Å². The van der Waals surface area contributed by atoms with Gasteiger partial charge in [0.1, 0.15) is 6.61 Å². The summed E-state index contributed by atoms with van der Waals surface area (Å²) in [4.78, 5) is 16.1. The first-order valence-corrected chi connectivity index (χ1v) is 6.38. The largest absolute Gasteiger partial charge is 0.384 e. The second kappa shape index (κ2) is 6.68. The molecule has 6 nitrogen and oxygen atoms in total. The lowest BCUT2D eigenvalue weighted by molar-refractivity contribution is 0.0949. The molecule has 1 aromatic heterocycles. The summed E-state index contributed by atoms with van der Waals surface area (Å²) in [5, 5.41) is 15.1. The molecule has 1 heterocycles. The van der Waals surface area contributed by atoms with Gasteiger partial charge in [0.15, 0.2) is 5.82 Å². The van der Waals surface area contributed by atoms with Gasteiger partial charge >= 0.3 is 0 Å². The maximum Gasteiger partial charge on any atom is 0.251 e. The molecule has 0 radical (unpaired) electrons. The van der Waals surface area contributed by atoms with Crippen LogP contribution in [0, 0.1) is 25.7 Å². The molecule has 0 aliphatic heterocycles. The number of carbonyl (C=O) groups excluding carboxylic acids is 1. The zero-order chi connectivity index (χ0) is 15.2. The van der Waals surface area contributed by atoms with E-state index in [9.17, 15) is 4.79 Å². The number of nitrogens with one attached hydrogen (secondary N) is 1. The number of aliphatic hydroxyl groups excluding tert-OH is 1. The average molecular weight is 285 g/mol. The zero-order valence-corrected chi connectivity index (χ0v) is 11.8. The number of benzene rings is 1. The van der Waals surface area contributed by atoms with Crippen LogP contribution in [0.2, 0.25) is 0 Å². The van der Waals surface area contributed by atoms with Gasteiger partial charge < -0.3 is 14.9 Å². The van der Waals surface area contributed by atoms with Crippen molar-refractivity contribution in [2.24, 2.45) is 0 Å². The van der Waals surface area contributed by atoms with Crippen molar-refractivity contribution >= 4 is 5.91 Å². The van der Waals surface area contributed by atoms with E-state index in [0.717, 1.165) is 5.56 Å². The summed E-state index contributed by atoms with van der Waals surface area (Å²) in [6.45, 7) is 3.56. The highest BCUT2D eigenvalue weighted by Crippen LogP contribution is 2.10. The number of hydrogen-bond donors (Lipinski definition) is 2. The first-order chi connectivity index (χ1) is 10.1. The molecule has 0 saturated heterocycles. The standard InChI is InChI=1S/C15H15N3O3/c1-10-5-6-13(8-12(10)4-3-7-19)15(20)16-9-14-17-11(2)21-18-14/h5-6,8,19H,7,9H2,1-2H3,(H,16,20). The van der Waals surface area contributed by atoms with Crippen molar-refractivity contribution in [2.75, 3.05) is 6.61 Å². The highest BCUT2D eigenvalue weighted by atomic mass is 16.5. The molecule has 0 aliphatic rings. The number of nitrogens with zero attached hydrogens (tertiary/aromatic N) is 2. The number of aliphatic hydroxyl groups is 1. The Balaban J connectivity index is 2.08. The van der Waals surface area contributed by atoms with Crippen molar-refractivity contribution < 1.29 is 14.4 Å². The van der Waals surface area contributed by atoms with Crippen LogP contribution in [0.5, 0.6) is 0 Å². The van der Waals surface area contributed by atoms with Gasteiger partial charge in [-0.15, -0.1) is 0 Å². The first kappa shape index (κ1) is 14.8. The minimum absolute atomic E-state index is 0.196. The van der Waals surface area contributed by atoms with Gasteiger partial charge in [0, 0.05) is 18.1 Å². The monoisotopic (exact) mass is 285 g/mol. The van der Waals surface area contributed by atoms with E-state index in [1.165, 1.54) is 0 Å². The molecule has 1 amide bonds. The smallest absolute Gasteiger partial charge is 0.251 e. The topological polar surface area (TPSA) is 88.2 Å². The first-order valence-electron chi connectivity index (χ1n) is 6.38. The molecule has 2 rings (SSSR count). The number of aryl methyl sites for hydroxylation is 2. The molecule has 0 aliphatic carbocycles. The third kappa shape index (κ3) is 3.91. The van der Waals surface area contributed by atoms with E-state index in [2.05, 4.69) is 27.3 Å². The molecule has 0 spiro atoms. The molecular formula is C15H15N3O3.